The number of allylic oxidation sites excluding steroid dienone is 3. The van der Waals surface area contributed by atoms with Crippen molar-refractivity contribution in [2.45, 2.75) is 6.92 Å². The Morgan fingerprint density at radius 2 is 1.82 bits per heavy atom. The van der Waals surface area contributed by atoms with E-state index in [2.05, 4.69) is 12.0 Å². The zero-order valence-electron chi connectivity index (χ0n) is 12.0. The Morgan fingerprint density at radius 1 is 1.09 bits per heavy atom. The summed E-state index contributed by atoms with van der Waals surface area (Å²) in [5.74, 6) is 2.37. The van der Waals surface area contributed by atoms with Crippen LogP contribution in [-0.2, 0) is 0 Å². The second-order valence-electron chi connectivity index (χ2n) is 5.13. The van der Waals surface area contributed by atoms with Crippen molar-refractivity contribution >= 4 is 17.2 Å². The number of halogens is 1. The van der Waals surface area contributed by atoms with Gasteiger partial charge in [-0.15, -0.1) is 6.42 Å². The average Bonchev–Trinajstić information content (AvgIpc) is 2.79. The second kappa shape index (κ2) is 5.35. The van der Waals surface area contributed by atoms with Crippen LogP contribution in [0.1, 0.15) is 29.2 Å². The Bertz CT molecular complexity index is 900. The van der Waals surface area contributed by atoms with E-state index in [1.165, 1.54) is 12.1 Å². The molecule has 0 spiro atoms. The summed E-state index contributed by atoms with van der Waals surface area (Å²) in [6, 6.07) is 14.1. The number of hydrogen-bond acceptors (Lipinski definition) is 1. The summed E-state index contributed by atoms with van der Waals surface area (Å²) >= 11 is 0. The summed E-state index contributed by atoms with van der Waals surface area (Å²) in [5.41, 5.74) is 5.99. The van der Waals surface area contributed by atoms with Crippen LogP contribution >= 0.6 is 0 Å². The SMILES string of the molecule is C#CC1=C(C)C(=Cc2ccc(C#N)cc2)c2ccc(F)cc21. The molecule has 2 aromatic rings. The number of hydrogen-bond donors (Lipinski definition) is 0. The Morgan fingerprint density at radius 3 is 2.45 bits per heavy atom. The lowest BCUT2D eigenvalue weighted by molar-refractivity contribution is 0.627. The van der Waals surface area contributed by atoms with Crippen molar-refractivity contribution in [2.75, 3.05) is 0 Å². The van der Waals surface area contributed by atoms with Crippen LogP contribution in [-0.4, -0.2) is 0 Å². The van der Waals surface area contributed by atoms with Gasteiger partial charge in [-0.1, -0.05) is 24.1 Å². The van der Waals surface area contributed by atoms with E-state index in [-0.39, 0.29) is 5.82 Å². The summed E-state index contributed by atoms with van der Waals surface area (Å²) in [5, 5.41) is 8.85. The van der Waals surface area contributed by atoms with Crippen molar-refractivity contribution in [1.29, 1.82) is 5.26 Å². The van der Waals surface area contributed by atoms with Crippen LogP contribution in [0.3, 0.4) is 0 Å². The zero-order valence-corrected chi connectivity index (χ0v) is 12.0. The van der Waals surface area contributed by atoms with E-state index in [9.17, 15) is 4.39 Å². The van der Waals surface area contributed by atoms with Gasteiger partial charge >= 0.3 is 0 Å². The summed E-state index contributed by atoms with van der Waals surface area (Å²) in [6.07, 6.45) is 7.60. The van der Waals surface area contributed by atoms with Gasteiger partial charge in [0.05, 0.1) is 11.6 Å². The smallest absolute Gasteiger partial charge is 0.123 e. The number of terminal acetylenes is 1. The largest absolute Gasteiger partial charge is 0.207 e. The molecular weight excluding hydrogens is 273 g/mol. The average molecular weight is 285 g/mol. The highest BCUT2D eigenvalue weighted by Gasteiger charge is 2.22. The van der Waals surface area contributed by atoms with Gasteiger partial charge in [0.15, 0.2) is 0 Å². The normalized spacial score (nSPS) is 14.6. The van der Waals surface area contributed by atoms with E-state index in [4.69, 9.17) is 11.7 Å². The molecule has 1 aliphatic carbocycles. The topological polar surface area (TPSA) is 23.8 Å². The predicted molar refractivity (Wildman–Crippen MR) is 86.9 cm³/mol. The van der Waals surface area contributed by atoms with E-state index >= 15 is 0 Å². The maximum absolute atomic E-state index is 13.5. The summed E-state index contributed by atoms with van der Waals surface area (Å²) < 4.78 is 13.5. The molecule has 104 valence electrons. The van der Waals surface area contributed by atoms with Crippen molar-refractivity contribution in [3.05, 3.63) is 76.1 Å². The first-order chi connectivity index (χ1) is 10.6. The highest BCUT2D eigenvalue weighted by Crippen LogP contribution is 2.41. The van der Waals surface area contributed by atoms with Crippen LogP contribution in [0, 0.1) is 29.5 Å². The molecule has 0 unspecified atom stereocenters. The minimum absolute atomic E-state index is 0.293. The standard InChI is InChI=1S/C20H12FN/c1-3-17-13(2)19(18-9-8-16(21)11-20(17)18)10-14-4-6-15(12-22)7-5-14/h1,4-11H,2H3. The maximum Gasteiger partial charge on any atom is 0.123 e. The van der Waals surface area contributed by atoms with Crippen molar-refractivity contribution in [3.8, 4) is 18.4 Å². The molecule has 0 aromatic heterocycles. The highest BCUT2D eigenvalue weighted by atomic mass is 19.1. The molecule has 0 heterocycles. The minimum atomic E-state index is -0.293. The van der Waals surface area contributed by atoms with Crippen molar-refractivity contribution in [2.24, 2.45) is 0 Å². The summed E-state index contributed by atoms with van der Waals surface area (Å²) in [7, 11) is 0. The van der Waals surface area contributed by atoms with Gasteiger partial charge in [0.1, 0.15) is 5.82 Å². The van der Waals surface area contributed by atoms with Crippen LogP contribution in [0.15, 0.2) is 48.0 Å². The van der Waals surface area contributed by atoms with Gasteiger partial charge in [-0.25, -0.2) is 4.39 Å². The molecule has 3 rings (SSSR count). The first-order valence-corrected chi connectivity index (χ1v) is 6.84. The van der Waals surface area contributed by atoms with Gasteiger partial charge in [0.25, 0.3) is 0 Å². The summed E-state index contributed by atoms with van der Waals surface area (Å²) in [6.45, 7) is 1.95. The molecule has 0 saturated heterocycles. The van der Waals surface area contributed by atoms with Crippen LogP contribution in [0.5, 0.6) is 0 Å². The minimum Gasteiger partial charge on any atom is -0.207 e. The van der Waals surface area contributed by atoms with Gasteiger partial charge < -0.3 is 0 Å². The van der Waals surface area contributed by atoms with Gasteiger partial charge in [0.2, 0.25) is 0 Å². The van der Waals surface area contributed by atoms with E-state index in [0.29, 0.717) is 5.56 Å². The monoisotopic (exact) mass is 285 g/mol. The van der Waals surface area contributed by atoms with Crippen LogP contribution in [0.4, 0.5) is 4.39 Å². The molecule has 2 heteroatoms. The molecule has 1 nitrogen and oxygen atoms in total. The van der Waals surface area contributed by atoms with Crippen molar-refractivity contribution in [1.82, 2.24) is 0 Å². The predicted octanol–water partition coefficient (Wildman–Crippen LogP) is 4.66. The first-order valence-electron chi connectivity index (χ1n) is 6.84. The molecule has 1 aliphatic rings. The molecule has 0 aliphatic heterocycles. The van der Waals surface area contributed by atoms with Crippen LogP contribution < -0.4 is 0 Å². The molecule has 0 amide bonds. The third kappa shape index (κ3) is 2.22. The van der Waals surface area contributed by atoms with E-state index in [0.717, 1.165) is 33.4 Å². The van der Waals surface area contributed by atoms with Gasteiger partial charge in [-0.05, 0) is 59.5 Å². The van der Waals surface area contributed by atoms with Crippen LogP contribution in [0.25, 0.3) is 17.2 Å². The highest BCUT2D eigenvalue weighted by molar-refractivity contribution is 6.08. The molecule has 0 saturated carbocycles. The molecule has 0 radical (unpaired) electrons. The van der Waals surface area contributed by atoms with Crippen molar-refractivity contribution in [3.63, 3.8) is 0 Å². The Kier molecular flexibility index (Phi) is 3.37. The fourth-order valence-electron chi connectivity index (χ4n) is 2.69. The lowest BCUT2D eigenvalue weighted by Crippen LogP contribution is -1.86. The first kappa shape index (κ1) is 13.9. The molecule has 0 atom stereocenters. The number of nitrogens with zero attached hydrogens (tertiary/aromatic N) is 1. The molecule has 0 N–H and O–H groups in total. The number of benzene rings is 2. The van der Waals surface area contributed by atoms with E-state index in [1.807, 2.05) is 25.1 Å². The second-order valence-corrected chi connectivity index (χ2v) is 5.13. The fourth-order valence-corrected chi connectivity index (χ4v) is 2.69. The lowest BCUT2D eigenvalue weighted by atomic mass is 10.00. The quantitative estimate of drug-likeness (QED) is 0.699. The molecule has 22 heavy (non-hydrogen) atoms. The Balaban J connectivity index is 2.15. The number of rotatable bonds is 1. The molecule has 2 aromatic carbocycles. The fraction of sp³-hybridized carbons (Fsp3) is 0.0500. The van der Waals surface area contributed by atoms with Gasteiger partial charge in [-0.3, -0.25) is 0 Å². The van der Waals surface area contributed by atoms with Gasteiger partial charge in [0, 0.05) is 11.1 Å². The number of nitriles is 1. The summed E-state index contributed by atoms with van der Waals surface area (Å²) in [4.78, 5) is 0. The number of fused-ring (bicyclic) bond motifs is 1. The Hall–Kier alpha value is -3.10. The van der Waals surface area contributed by atoms with Crippen LogP contribution in [0.2, 0.25) is 0 Å². The lowest BCUT2D eigenvalue weighted by Gasteiger charge is -2.04. The zero-order chi connectivity index (χ0) is 15.7. The third-order valence-electron chi connectivity index (χ3n) is 3.82. The van der Waals surface area contributed by atoms with Crippen molar-refractivity contribution < 1.29 is 4.39 Å². The van der Waals surface area contributed by atoms with E-state index < -0.39 is 0 Å². The third-order valence-corrected chi connectivity index (χ3v) is 3.82. The maximum atomic E-state index is 13.5. The van der Waals surface area contributed by atoms with E-state index in [1.54, 1.807) is 18.2 Å². The molecular formula is C20H12FN. The van der Waals surface area contributed by atoms with Gasteiger partial charge in [-0.2, -0.15) is 5.26 Å². The molecule has 0 fully saturated rings. The Labute approximate surface area is 129 Å². The molecule has 0 bridgehead atoms.